The molecule has 110 valence electrons. The molecule has 0 aromatic heterocycles. The lowest BCUT2D eigenvalue weighted by molar-refractivity contribution is 0.537. The lowest BCUT2D eigenvalue weighted by Crippen LogP contribution is -2.28. The standard InChI is InChI=1S/C18H28N2/c1-3-18(19-4-2)15-7-9-16(10-8-15)20(17-11-12-17)13-14-5-6-14/h7-10,14,17-19H,3-6,11-13H2,1-2H3. The number of nitrogens with one attached hydrogen (secondary N) is 1. The van der Waals surface area contributed by atoms with E-state index in [0.29, 0.717) is 6.04 Å². The molecule has 1 aromatic carbocycles. The first-order valence-corrected chi connectivity index (χ1v) is 8.41. The van der Waals surface area contributed by atoms with Gasteiger partial charge in [0.25, 0.3) is 0 Å². The summed E-state index contributed by atoms with van der Waals surface area (Å²) in [7, 11) is 0. The van der Waals surface area contributed by atoms with Gasteiger partial charge in [0.2, 0.25) is 0 Å². The Labute approximate surface area is 123 Å². The molecule has 0 saturated heterocycles. The first kappa shape index (κ1) is 13.9. The number of hydrogen-bond acceptors (Lipinski definition) is 2. The smallest absolute Gasteiger partial charge is 0.0369 e. The minimum absolute atomic E-state index is 0.506. The van der Waals surface area contributed by atoms with E-state index < -0.39 is 0 Å². The second-order valence-corrected chi connectivity index (χ2v) is 6.44. The van der Waals surface area contributed by atoms with Gasteiger partial charge in [-0.1, -0.05) is 26.0 Å². The van der Waals surface area contributed by atoms with Crippen molar-refractivity contribution in [3.63, 3.8) is 0 Å². The van der Waals surface area contributed by atoms with Crippen LogP contribution in [0.4, 0.5) is 5.69 Å². The summed E-state index contributed by atoms with van der Waals surface area (Å²) >= 11 is 0. The Kier molecular flexibility index (Phi) is 4.30. The van der Waals surface area contributed by atoms with Crippen molar-refractivity contribution in [2.24, 2.45) is 5.92 Å². The minimum atomic E-state index is 0.506. The van der Waals surface area contributed by atoms with Gasteiger partial charge in [0.05, 0.1) is 0 Å². The molecule has 0 heterocycles. The number of nitrogens with zero attached hydrogens (tertiary/aromatic N) is 1. The first-order chi connectivity index (χ1) is 9.81. The van der Waals surface area contributed by atoms with Gasteiger partial charge in [-0.2, -0.15) is 0 Å². The van der Waals surface area contributed by atoms with Crippen LogP contribution in [0.3, 0.4) is 0 Å². The second kappa shape index (κ2) is 6.17. The van der Waals surface area contributed by atoms with Crippen molar-refractivity contribution in [2.45, 2.75) is 58.0 Å². The van der Waals surface area contributed by atoms with Crippen molar-refractivity contribution in [2.75, 3.05) is 18.0 Å². The van der Waals surface area contributed by atoms with Crippen molar-refractivity contribution in [1.29, 1.82) is 0 Å². The molecule has 0 radical (unpaired) electrons. The fourth-order valence-corrected chi connectivity index (χ4v) is 3.07. The normalized spacial score (nSPS) is 19.9. The summed E-state index contributed by atoms with van der Waals surface area (Å²) in [4.78, 5) is 2.66. The molecule has 0 aliphatic heterocycles. The van der Waals surface area contributed by atoms with Crippen LogP contribution in [0.1, 0.15) is 57.6 Å². The SMILES string of the molecule is CCNC(CC)c1ccc(N(CC2CC2)C2CC2)cc1. The highest BCUT2D eigenvalue weighted by Gasteiger charge is 2.33. The van der Waals surface area contributed by atoms with Gasteiger partial charge in [0, 0.05) is 24.3 Å². The highest BCUT2D eigenvalue weighted by Crippen LogP contribution is 2.37. The quantitative estimate of drug-likeness (QED) is 0.765. The predicted octanol–water partition coefficient (Wildman–Crippen LogP) is 4.13. The molecule has 20 heavy (non-hydrogen) atoms. The summed E-state index contributed by atoms with van der Waals surface area (Å²) in [6, 6.07) is 10.7. The zero-order chi connectivity index (χ0) is 13.9. The van der Waals surface area contributed by atoms with E-state index in [1.807, 2.05) is 0 Å². The molecule has 0 spiro atoms. The van der Waals surface area contributed by atoms with E-state index in [0.717, 1.165) is 24.9 Å². The van der Waals surface area contributed by atoms with Crippen LogP contribution in [0.5, 0.6) is 0 Å². The lowest BCUT2D eigenvalue weighted by Gasteiger charge is -2.25. The first-order valence-electron chi connectivity index (χ1n) is 8.41. The van der Waals surface area contributed by atoms with Crippen LogP contribution in [0.2, 0.25) is 0 Å². The third-order valence-electron chi connectivity index (χ3n) is 4.63. The van der Waals surface area contributed by atoms with Crippen LogP contribution in [0.15, 0.2) is 24.3 Å². The summed E-state index contributed by atoms with van der Waals surface area (Å²) in [6.07, 6.45) is 6.83. The van der Waals surface area contributed by atoms with Crippen molar-refractivity contribution >= 4 is 5.69 Å². The average molecular weight is 272 g/mol. The third kappa shape index (κ3) is 3.35. The highest BCUT2D eigenvalue weighted by atomic mass is 15.2. The molecule has 3 rings (SSSR count). The van der Waals surface area contributed by atoms with Crippen LogP contribution in [0.25, 0.3) is 0 Å². The molecule has 0 amide bonds. The third-order valence-corrected chi connectivity index (χ3v) is 4.63. The van der Waals surface area contributed by atoms with E-state index in [9.17, 15) is 0 Å². The van der Waals surface area contributed by atoms with Gasteiger partial charge in [0.15, 0.2) is 0 Å². The largest absolute Gasteiger partial charge is 0.368 e. The van der Waals surface area contributed by atoms with Crippen LogP contribution in [0, 0.1) is 5.92 Å². The topological polar surface area (TPSA) is 15.3 Å². The van der Waals surface area contributed by atoms with Gasteiger partial charge in [-0.05, 0) is 62.3 Å². The van der Waals surface area contributed by atoms with E-state index >= 15 is 0 Å². The lowest BCUT2D eigenvalue weighted by atomic mass is 10.0. The van der Waals surface area contributed by atoms with Crippen molar-refractivity contribution in [1.82, 2.24) is 5.32 Å². The molecule has 2 saturated carbocycles. The molecule has 1 N–H and O–H groups in total. The van der Waals surface area contributed by atoms with E-state index in [1.165, 1.54) is 43.5 Å². The molecule has 0 bridgehead atoms. The molecule has 2 aliphatic carbocycles. The fraction of sp³-hybridized carbons (Fsp3) is 0.667. The van der Waals surface area contributed by atoms with Gasteiger partial charge in [-0.15, -0.1) is 0 Å². The number of anilines is 1. The van der Waals surface area contributed by atoms with Gasteiger partial charge in [-0.3, -0.25) is 0 Å². The molecule has 1 atom stereocenters. The molecule has 2 fully saturated rings. The van der Waals surface area contributed by atoms with Crippen LogP contribution in [-0.4, -0.2) is 19.1 Å². The monoisotopic (exact) mass is 272 g/mol. The Bertz CT molecular complexity index is 418. The molecule has 1 aromatic rings. The summed E-state index contributed by atoms with van der Waals surface area (Å²) in [5.74, 6) is 0.973. The Hall–Kier alpha value is -1.02. The number of benzene rings is 1. The maximum atomic E-state index is 3.56. The Balaban J connectivity index is 1.69. The van der Waals surface area contributed by atoms with Crippen molar-refractivity contribution in [3.05, 3.63) is 29.8 Å². The van der Waals surface area contributed by atoms with E-state index in [4.69, 9.17) is 0 Å². The van der Waals surface area contributed by atoms with Crippen LogP contribution < -0.4 is 10.2 Å². The van der Waals surface area contributed by atoms with Gasteiger partial charge in [-0.25, -0.2) is 0 Å². The minimum Gasteiger partial charge on any atom is -0.368 e. The maximum absolute atomic E-state index is 3.56. The van der Waals surface area contributed by atoms with Gasteiger partial charge < -0.3 is 10.2 Å². The van der Waals surface area contributed by atoms with Crippen LogP contribution in [-0.2, 0) is 0 Å². The Morgan fingerprint density at radius 2 is 1.80 bits per heavy atom. The Morgan fingerprint density at radius 3 is 2.30 bits per heavy atom. The van der Waals surface area contributed by atoms with Gasteiger partial charge in [0.1, 0.15) is 0 Å². The highest BCUT2D eigenvalue weighted by molar-refractivity contribution is 5.50. The van der Waals surface area contributed by atoms with E-state index in [2.05, 4.69) is 48.3 Å². The van der Waals surface area contributed by atoms with E-state index in [-0.39, 0.29) is 0 Å². The number of hydrogen-bond donors (Lipinski definition) is 1. The summed E-state index contributed by atoms with van der Waals surface area (Å²) in [5, 5.41) is 3.56. The number of rotatable bonds is 8. The maximum Gasteiger partial charge on any atom is 0.0369 e. The Morgan fingerprint density at radius 1 is 1.10 bits per heavy atom. The zero-order valence-corrected chi connectivity index (χ0v) is 12.9. The van der Waals surface area contributed by atoms with Crippen molar-refractivity contribution in [3.8, 4) is 0 Å². The average Bonchev–Trinajstić information content (AvgIpc) is 3.36. The molecular weight excluding hydrogens is 244 g/mol. The zero-order valence-electron chi connectivity index (χ0n) is 12.9. The molecule has 2 heteroatoms. The second-order valence-electron chi connectivity index (χ2n) is 6.44. The molecule has 2 aliphatic rings. The van der Waals surface area contributed by atoms with Crippen molar-refractivity contribution < 1.29 is 0 Å². The van der Waals surface area contributed by atoms with E-state index in [1.54, 1.807) is 0 Å². The van der Waals surface area contributed by atoms with Crippen LogP contribution >= 0.6 is 0 Å². The fourth-order valence-electron chi connectivity index (χ4n) is 3.07. The predicted molar refractivity (Wildman–Crippen MR) is 86.2 cm³/mol. The summed E-state index contributed by atoms with van der Waals surface area (Å²) < 4.78 is 0. The summed E-state index contributed by atoms with van der Waals surface area (Å²) in [6.45, 7) is 6.76. The molecule has 1 unspecified atom stereocenters. The summed E-state index contributed by atoms with van der Waals surface area (Å²) in [5.41, 5.74) is 2.87. The van der Waals surface area contributed by atoms with Gasteiger partial charge >= 0.3 is 0 Å². The molecule has 2 nitrogen and oxygen atoms in total. The molecular formula is C18H28N2.